The molecular weight excluding hydrogens is 258 g/mol. The molecule has 1 heterocycles. The van der Waals surface area contributed by atoms with Crippen LogP contribution in [0.5, 0.6) is 0 Å². The zero-order valence-corrected chi connectivity index (χ0v) is 11.2. The summed E-state index contributed by atoms with van der Waals surface area (Å²) in [7, 11) is 0. The van der Waals surface area contributed by atoms with Crippen molar-refractivity contribution in [3.63, 3.8) is 0 Å². The molecule has 3 rings (SSSR count). The SMILES string of the molecule is O=Cc1cccc(Cl)c1N1CCc2ccccc2C1. The summed E-state index contributed by atoms with van der Waals surface area (Å²) in [5.41, 5.74) is 4.21. The van der Waals surface area contributed by atoms with Gasteiger partial charge in [-0.25, -0.2) is 0 Å². The first-order valence-corrected chi connectivity index (χ1v) is 6.73. The second-order valence-corrected chi connectivity index (χ2v) is 5.14. The van der Waals surface area contributed by atoms with Gasteiger partial charge in [0.1, 0.15) is 0 Å². The van der Waals surface area contributed by atoms with Crippen LogP contribution in [0.4, 0.5) is 5.69 Å². The average molecular weight is 272 g/mol. The molecule has 0 amide bonds. The van der Waals surface area contributed by atoms with E-state index in [-0.39, 0.29) is 0 Å². The Morgan fingerprint density at radius 1 is 1.05 bits per heavy atom. The number of benzene rings is 2. The molecule has 2 nitrogen and oxygen atoms in total. The summed E-state index contributed by atoms with van der Waals surface area (Å²) >= 11 is 6.27. The Morgan fingerprint density at radius 2 is 1.84 bits per heavy atom. The number of hydrogen-bond acceptors (Lipinski definition) is 2. The number of halogens is 1. The molecule has 2 aromatic carbocycles. The highest BCUT2D eigenvalue weighted by Crippen LogP contribution is 2.32. The van der Waals surface area contributed by atoms with Crippen molar-refractivity contribution >= 4 is 23.6 Å². The summed E-state index contributed by atoms with van der Waals surface area (Å²) in [5.74, 6) is 0. The van der Waals surface area contributed by atoms with Crippen LogP contribution in [0.15, 0.2) is 42.5 Å². The van der Waals surface area contributed by atoms with E-state index in [1.807, 2.05) is 18.2 Å². The Bertz CT molecular complexity index is 624. The molecule has 0 N–H and O–H groups in total. The predicted octanol–water partition coefficient (Wildman–Crippen LogP) is 3.72. The average Bonchev–Trinajstić information content (AvgIpc) is 2.46. The van der Waals surface area contributed by atoms with E-state index < -0.39 is 0 Å². The molecule has 0 aromatic heterocycles. The van der Waals surface area contributed by atoms with Gasteiger partial charge in [0.25, 0.3) is 0 Å². The number of fused-ring (bicyclic) bond motifs is 1. The molecule has 0 spiro atoms. The van der Waals surface area contributed by atoms with Gasteiger partial charge in [-0.1, -0.05) is 41.9 Å². The Hall–Kier alpha value is -1.80. The van der Waals surface area contributed by atoms with Crippen molar-refractivity contribution in [3.8, 4) is 0 Å². The van der Waals surface area contributed by atoms with E-state index in [4.69, 9.17) is 11.6 Å². The summed E-state index contributed by atoms with van der Waals surface area (Å²) < 4.78 is 0. The number of anilines is 1. The molecule has 0 aliphatic carbocycles. The molecule has 0 atom stereocenters. The van der Waals surface area contributed by atoms with Crippen LogP contribution in [0, 0.1) is 0 Å². The third-order valence-electron chi connectivity index (χ3n) is 3.59. The molecule has 0 saturated carbocycles. The number of carbonyl (C=O) groups is 1. The fraction of sp³-hybridized carbons (Fsp3) is 0.188. The topological polar surface area (TPSA) is 20.3 Å². The maximum absolute atomic E-state index is 11.2. The first kappa shape index (κ1) is 12.2. The molecule has 1 aliphatic rings. The Balaban J connectivity index is 2.00. The predicted molar refractivity (Wildman–Crippen MR) is 78.0 cm³/mol. The fourth-order valence-corrected chi connectivity index (χ4v) is 2.95. The molecule has 0 bridgehead atoms. The largest absolute Gasteiger partial charge is 0.365 e. The number of hydrogen-bond donors (Lipinski definition) is 0. The highest BCUT2D eigenvalue weighted by molar-refractivity contribution is 6.33. The van der Waals surface area contributed by atoms with E-state index >= 15 is 0 Å². The van der Waals surface area contributed by atoms with Crippen molar-refractivity contribution in [2.45, 2.75) is 13.0 Å². The van der Waals surface area contributed by atoms with Gasteiger partial charge in [0.15, 0.2) is 6.29 Å². The van der Waals surface area contributed by atoms with Crippen LogP contribution in [-0.2, 0) is 13.0 Å². The van der Waals surface area contributed by atoms with Crippen molar-refractivity contribution in [1.82, 2.24) is 0 Å². The van der Waals surface area contributed by atoms with Gasteiger partial charge >= 0.3 is 0 Å². The highest BCUT2D eigenvalue weighted by atomic mass is 35.5. The van der Waals surface area contributed by atoms with Gasteiger partial charge in [-0.3, -0.25) is 4.79 Å². The minimum Gasteiger partial charge on any atom is -0.365 e. The third-order valence-corrected chi connectivity index (χ3v) is 3.90. The van der Waals surface area contributed by atoms with Crippen LogP contribution < -0.4 is 4.90 Å². The van der Waals surface area contributed by atoms with Gasteiger partial charge in [0, 0.05) is 18.7 Å². The maximum Gasteiger partial charge on any atom is 0.152 e. The first-order valence-electron chi connectivity index (χ1n) is 6.35. The zero-order chi connectivity index (χ0) is 13.2. The van der Waals surface area contributed by atoms with E-state index in [9.17, 15) is 4.79 Å². The standard InChI is InChI=1S/C16H14ClNO/c17-15-7-3-6-14(11-19)16(15)18-9-8-12-4-1-2-5-13(12)10-18/h1-7,11H,8-10H2. The molecule has 3 heteroatoms. The number of nitrogens with zero attached hydrogens (tertiary/aromatic N) is 1. The lowest BCUT2D eigenvalue weighted by Gasteiger charge is -2.32. The van der Waals surface area contributed by atoms with Crippen LogP contribution >= 0.6 is 11.6 Å². The molecule has 0 fully saturated rings. The first-order chi connectivity index (χ1) is 9.29. The molecule has 1 aliphatic heterocycles. The molecule has 96 valence electrons. The summed E-state index contributed by atoms with van der Waals surface area (Å²) in [6.07, 6.45) is 1.86. The van der Waals surface area contributed by atoms with Crippen LogP contribution in [0.25, 0.3) is 0 Å². The smallest absolute Gasteiger partial charge is 0.152 e. The minimum atomic E-state index is 0.643. The monoisotopic (exact) mass is 271 g/mol. The third kappa shape index (κ3) is 2.24. The maximum atomic E-state index is 11.2. The second-order valence-electron chi connectivity index (χ2n) is 4.74. The lowest BCUT2D eigenvalue weighted by Crippen LogP contribution is -2.31. The van der Waals surface area contributed by atoms with Gasteiger partial charge in [-0.15, -0.1) is 0 Å². The van der Waals surface area contributed by atoms with E-state index in [0.29, 0.717) is 10.6 Å². The number of carbonyl (C=O) groups excluding carboxylic acids is 1. The van der Waals surface area contributed by atoms with Gasteiger partial charge in [0.2, 0.25) is 0 Å². The summed E-state index contributed by atoms with van der Waals surface area (Å²) in [6, 6.07) is 13.9. The van der Waals surface area contributed by atoms with E-state index in [1.165, 1.54) is 11.1 Å². The molecular formula is C16H14ClNO. The van der Waals surface area contributed by atoms with Crippen molar-refractivity contribution in [2.75, 3.05) is 11.4 Å². The fourth-order valence-electron chi connectivity index (χ4n) is 2.65. The highest BCUT2D eigenvalue weighted by Gasteiger charge is 2.20. The molecule has 0 radical (unpaired) electrons. The Labute approximate surface area is 117 Å². The van der Waals surface area contributed by atoms with Gasteiger partial charge in [-0.05, 0) is 29.7 Å². The normalized spacial score (nSPS) is 14.1. The van der Waals surface area contributed by atoms with Crippen LogP contribution in [0.3, 0.4) is 0 Å². The molecule has 19 heavy (non-hydrogen) atoms. The number of rotatable bonds is 2. The molecule has 0 unspecified atom stereocenters. The van der Waals surface area contributed by atoms with Crippen molar-refractivity contribution in [3.05, 3.63) is 64.2 Å². The summed E-state index contributed by atoms with van der Waals surface area (Å²) in [6.45, 7) is 1.70. The summed E-state index contributed by atoms with van der Waals surface area (Å²) in [4.78, 5) is 13.4. The van der Waals surface area contributed by atoms with Crippen molar-refractivity contribution in [1.29, 1.82) is 0 Å². The van der Waals surface area contributed by atoms with Gasteiger partial charge in [0.05, 0.1) is 10.7 Å². The van der Waals surface area contributed by atoms with E-state index in [1.54, 1.807) is 0 Å². The number of para-hydroxylation sites is 1. The van der Waals surface area contributed by atoms with E-state index in [0.717, 1.165) is 31.5 Å². The zero-order valence-electron chi connectivity index (χ0n) is 10.5. The lowest BCUT2D eigenvalue weighted by molar-refractivity contribution is 0.112. The van der Waals surface area contributed by atoms with Crippen LogP contribution in [0.2, 0.25) is 5.02 Å². The second kappa shape index (κ2) is 5.06. The quantitative estimate of drug-likeness (QED) is 0.776. The van der Waals surface area contributed by atoms with Gasteiger partial charge in [-0.2, -0.15) is 0 Å². The lowest BCUT2D eigenvalue weighted by atomic mass is 9.99. The Kier molecular flexibility index (Phi) is 3.26. The molecule has 2 aromatic rings. The Morgan fingerprint density at radius 3 is 2.63 bits per heavy atom. The van der Waals surface area contributed by atoms with Gasteiger partial charge < -0.3 is 4.90 Å². The molecule has 0 saturated heterocycles. The van der Waals surface area contributed by atoms with Crippen LogP contribution in [0.1, 0.15) is 21.5 Å². The van der Waals surface area contributed by atoms with Crippen LogP contribution in [-0.4, -0.2) is 12.8 Å². The van der Waals surface area contributed by atoms with E-state index in [2.05, 4.69) is 29.2 Å². The van der Waals surface area contributed by atoms with Crippen molar-refractivity contribution < 1.29 is 4.79 Å². The minimum absolute atomic E-state index is 0.643. The van der Waals surface area contributed by atoms with Crippen molar-refractivity contribution in [2.24, 2.45) is 0 Å². The number of aldehydes is 1. The summed E-state index contributed by atoms with van der Waals surface area (Å²) in [5, 5.41) is 0.643.